The fourth-order valence-electron chi connectivity index (χ4n) is 0.574. The van der Waals surface area contributed by atoms with Crippen LogP contribution < -0.4 is 0 Å². The highest BCUT2D eigenvalue weighted by Gasteiger charge is 2.23. The average Bonchev–Trinajstić information content (AvgIpc) is 1.58. The Morgan fingerprint density at radius 2 is 2.29 bits per heavy atom. The molecule has 1 fully saturated rings. The van der Waals surface area contributed by atoms with Crippen LogP contribution in [0.2, 0.25) is 0 Å². The maximum Gasteiger partial charge on any atom is 0.125 e. The van der Waals surface area contributed by atoms with Crippen molar-refractivity contribution < 1.29 is 10.0 Å². The van der Waals surface area contributed by atoms with Crippen LogP contribution in [0.5, 0.6) is 0 Å². The third-order valence-electron chi connectivity index (χ3n) is 1.08. The Kier molecular flexibility index (Phi) is 1.08. The zero-order valence-electron chi connectivity index (χ0n) is 3.87. The van der Waals surface area contributed by atoms with Crippen LogP contribution in [0.15, 0.2) is 0 Å². The Bertz CT molecular complexity index is 77.8. The molecule has 0 aromatic carbocycles. The first kappa shape index (κ1) is 4.74. The van der Waals surface area contributed by atoms with Crippen molar-refractivity contribution in [2.75, 3.05) is 13.1 Å². The van der Waals surface area contributed by atoms with Gasteiger partial charge in [-0.3, -0.25) is 0 Å². The Labute approximate surface area is 41.5 Å². The summed E-state index contributed by atoms with van der Waals surface area (Å²) in [6.07, 6.45) is 0.868. The standard InChI is InChI=1S/C4H7NO2/c6-3-4-1-5(7)2-4/h3-4,7H,1-2H2. The van der Waals surface area contributed by atoms with Crippen molar-refractivity contribution in [3.8, 4) is 0 Å². The van der Waals surface area contributed by atoms with Gasteiger partial charge in [0.25, 0.3) is 0 Å². The van der Waals surface area contributed by atoms with Crippen molar-refractivity contribution in [1.29, 1.82) is 0 Å². The lowest BCUT2D eigenvalue weighted by Crippen LogP contribution is -2.44. The first-order chi connectivity index (χ1) is 3.33. The summed E-state index contributed by atoms with van der Waals surface area (Å²) in [4.78, 5) is 9.79. The lowest BCUT2D eigenvalue weighted by molar-refractivity contribution is -0.169. The summed E-state index contributed by atoms with van der Waals surface area (Å²) in [5.41, 5.74) is 0. The number of hydroxylamine groups is 2. The van der Waals surface area contributed by atoms with Crippen LogP contribution in [0.1, 0.15) is 0 Å². The molecule has 0 bridgehead atoms. The molecule has 1 aliphatic rings. The van der Waals surface area contributed by atoms with E-state index in [1.54, 1.807) is 0 Å². The van der Waals surface area contributed by atoms with Crippen LogP contribution in [0.3, 0.4) is 0 Å². The van der Waals surface area contributed by atoms with Gasteiger partial charge in [-0.05, 0) is 0 Å². The minimum Gasteiger partial charge on any atom is -0.314 e. The summed E-state index contributed by atoms with van der Waals surface area (Å²) in [5, 5.41) is 9.55. The third kappa shape index (κ3) is 0.783. The fourth-order valence-corrected chi connectivity index (χ4v) is 0.574. The predicted molar refractivity (Wildman–Crippen MR) is 22.9 cm³/mol. The van der Waals surface area contributed by atoms with Crippen LogP contribution in [-0.2, 0) is 4.79 Å². The van der Waals surface area contributed by atoms with Gasteiger partial charge in [0.1, 0.15) is 6.29 Å². The number of carbonyl (C=O) groups excluding carboxylic acids is 1. The van der Waals surface area contributed by atoms with Crippen LogP contribution in [0, 0.1) is 5.92 Å². The maximum atomic E-state index is 9.79. The van der Waals surface area contributed by atoms with Gasteiger partial charge >= 0.3 is 0 Å². The number of aldehydes is 1. The second-order valence-electron chi connectivity index (χ2n) is 1.77. The van der Waals surface area contributed by atoms with Gasteiger partial charge in [-0.2, -0.15) is 5.06 Å². The van der Waals surface area contributed by atoms with E-state index in [1.807, 2.05) is 0 Å². The van der Waals surface area contributed by atoms with E-state index in [0.717, 1.165) is 11.3 Å². The van der Waals surface area contributed by atoms with E-state index in [-0.39, 0.29) is 5.92 Å². The van der Waals surface area contributed by atoms with Crippen molar-refractivity contribution in [2.24, 2.45) is 5.92 Å². The molecule has 7 heavy (non-hydrogen) atoms. The molecular formula is C4H7NO2. The van der Waals surface area contributed by atoms with Gasteiger partial charge in [-0.25, -0.2) is 0 Å². The van der Waals surface area contributed by atoms with Gasteiger partial charge in [0.2, 0.25) is 0 Å². The molecule has 0 amide bonds. The Hall–Kier alpha value is -0.410. The van der Waals surface area contributed by atoms with Gasteiger partial charge in [0.05, 0.1) is 0 Å². The first-order valence-corrected chi connectivity index (χ1v) is 2.22. The minimum atomic E-state index is 0.0880. The molecule has 1 N–H and O–H groups in total. The molecular weight excluding hydrogens is 94.0 g/mol. The topological polar surface area (TPSA) is 40.5 Å². The van der Waals surface area contributed by atoms with Gasteiger partial charge in [0, 0.05) is 19.0 Å². The van der Waals surface area contributed by atoms with Crippen molar-refractivity contribution in [1.82, 2.24) is 5.06 Å². The van der Waals surface area contributed by atoms with Crippen LogP contribution in [0.4, 0.5) is 0 Å². The van der Waals surface area contributed by atoms with Gasteiger partial charge in [-0.1, -0.05) is 0 Å². The van der Waals surface area contributed by atoms with E-state index in [1.165, 1.54) is 0 Å². The predicted octanol–water partition coefficient (Wildman–Crippen LogP) is -0.494. The number of nitrogens with zero attached hydrogens (tertiary/aromatic N) is 1. The molecule has 1 saturated heterocycles. The molecule has 1 aliphatic heterocycles. The zero-order chi connectivity index (χ0) is 5.28. The van der Waals surface area contributed by atoms with E-state index in [4.69, 9.17) is 5.21 Å². The summed E-state index contributed by atoms with van der Waals surface area (Å²) in [6, 6.07) is 0. The molecule has 0 unspecified atom stereocenters. The normalized spacial score (nSPS) is 24.1. The van der Waals surface area contributed by atoms with Crippen molar-refractivity contribution in [3.05, 3.63) is 0 Å². The lowest BCUT2D eigenvalue weighted by Gasteiger charge is -2.29. The number of rotatable bonds is 1. The Morgan fingerprint density at radius 3 is 2.43 bits per heavy atom. The number of carbonyl (C=O) groups is 1. The molecule has 0 aliphatic carbocycles. The largest absolute Gasteiger partial charge is 0.314 e. The third-order valence-corrected chi connectivity index (χ3v) is 1.08. The van der Waals surface area contributed by atoms with Crippen molar-refractivity contribution >= 4 is 6.29 Å². The van der Waals surface area contributed by atoms with Crippen LogP contribution in [0.25, 0.3) is 0 Å². The SMILES string of the molecule is O=CC1CN(O)C1. The Morgan fingerprint density at radius 1 is 1.71 bits per heavy atom. The van der Waals surface area contributed by atoms with Crippen LogP contribution >= 0.6 is 0 Å². The first-order valence-electron chi connectivity index (χ1n) is 2.22. The maximum absolute atomic E-state index is 9.79. The van der Waals surface area contributed by atoms with Crippen molar-refractivity contribution in [2.45, 2.75) is 0 Å². The summed E-state index contributed by atoms with van der Waals surface area (Å²) in [7, 11) is 0. The molecule has 0 saturated carbocycles. The molecule has 1 heterocycles. The van der Waals surface area contributed by atoms with E-state index >= 15 is 0 Å². The average molecular weight is 101 g/mol. The minimum absolute atomic E-state index is 0.0880. The van der Waals surface area contributed by atoms with Gasteiger partial charge < -0.3 is 10.0 Å². The number of hydrogen-bond acceptors (Lipinski definition) is 3. The second kappa shape index (κ2) is 1.60. The van der Waals surface area contributed by atoms with Gasteiger partial charge in [-0.15, -0.1) is 0 Å². The second-order valence-corrected chi connectivity index (χ2v) is 1.77. The molecule has 0 aromatic rings. The van der Waals surface area contributed by atoms with Crippen LogP contribution in [-0.4, -0.2) is 29.6 Å². The van der Waals surface area contributed by atoms with Gasteiger partial charge in [0.15, 0.2) is 0 Å². The quantitative estimate of drug-likeness (QED) is 0.453. The summed E-state index contributed by atoms with van der Waals surface area (Å²) >= 11 is 0. The summed E-state index contributed by atoms with van der Waals surface area (Å²) in [6.45, 7) is 1.03. The Balaban J connectivity index is 2.17. The fraction of sp³-hybridized carbons (Fsp3) is 0.750. The summed E-state index contributed by atoms with van der Waals surface area (Å²) in [5.74, 6) is 0.0880. The monoisotopic (exact) mass is 101 g/mol. The highest BCUT2D eigenvalue weighted by atomic mass is 16.5. The van der Waals surface area contributed by atoms with E-state index in [0.29, 0.717) is 13.1 Å². The molecule has 40 valence electrons. The molecule has 0 spiro atoms. The zero-order valence-corrected chi connectivity index (χ0v) is 3.87. The van der Waals surface area contributed by atoms with E-state index in [2.05, 4.69) is 0 Å². The smallest absolute Gasteiger partial charge is 0.125 e. The lowest BCUT2D eigenvalue weighted by atomic mass is 10.1. The summed E-state index contributed by atoms with van der Waals surface area (Å²) < 4.78 is 0. The molecule has 0 aromatic heterocycles. The highest BCUT2D eigenvalue weighted by Crippen LogP contribution is 2.07. The molecule has 0 atom stereocenters. The van der Waals surface area contributed by atoms with Crippen molar-refractivity contribution in [3.63, 3.8) is 0 Å². The highest BCUT2D eigenvalue weighted by molar-refractivity contribution is 5.55. The van der Waals surface area contributed by atoms with E-state index < -0.39 is 0 Å². The molecule has 1 rings (SSSR count). The van der Waals surface area contributed by atoms with E-state index in [9.17, 15) is 4.79 Å². The number of hydrogen-bond donors (Lipinski definition) is 1. The molecule has 3 nitrogen and oxygen atoms in total. The molecule has 0 radical (unpaired) electrons. The molecule has 3 heteroatoms.